The molecule has 0 saturated carbocycles. The minimum atomic E-state index is -3.91. The first-order valence-corrected chi connectivity index (χ1v) is 23.8. The molecule has 302 valence electrons. The van der Waals surface area contributed by atoms with E-state index in [1.165, 1.54) is 8.61 Å². The quantitative estimate of drug-likeness (QED) is 0.0998. The van der Waals surface area contributed by atoms with E-state index in [1.54, 1.807) is 4.31 Å². The Morgan fingerprint density at radius 3 is 0.833 bits per heavy atom. The highest BCUT2D eigenvalue weighted by molar-refractivity contribution is 7.89. The fraction of sp³-hybridized carbons (Fsp3) is 0.571. The predicted octanol–water partition coefficient (Wildman–Crippen LogP) is 8.61. The molecule has 3 aromatic rings. The van der Waals surface area contributed by atoms with Crippen LogP contribution in [0.3, 0.4) is 0 Å². The van der Waals surface area contributed by atoms with Crippen LogP contribution in [0.2, 0.25) is 0 Å². The number of benzene rings is 3. The van der Waals surface area contributed by atoms with Gasteiger partial charge in [0, 0.05) is 39.3 Å². The summed E-state index contributed by atoms with van der Waals surface area (Å²) in [5, 5.41) is 0. The average molecular weight is 804 g/mol. The first-order chi connectivity index (χ1) is 25.2. The van der Waals surface area contributed by atoms with Crippen LogP contribution in [0.15, 0.2) is 51.1 Å². The SMILES string of the molecule is CCCCCN(CCCCN(CCCCN(CC)S(=O)(=O)c1c(C)cc(C)cc1C)S(=O)(=O)c1c(C)cc(C)cc1C)S(=O)(=O)c1c(C)cc(C)cc1C. The van der Waals surface area contributed by atoms with Gasteiger partial charge in [0.1, 0.15) is 0 Å². The van der Waals surface area contributed by atoms with Crippen molar-refractivity contribution in [1.82, 2.24) is 12.9 Å². The maximum Gasteiger partial charge on any atom is 0.243 e. The van der Waals surface area contributed by atoms with Crippen molar-refractivity contribution >= 4 is 30.1 Å². The van der Waals surface area contributed by atoms with Gasteiger partial charge >= 0.3 is 0 Å². The predicted molar refractivity (Wildman–Crippen MR) is 222 cm³/mol. The Balaban J connectivity index is 1.83. The fourth-order valence-corrected chi connectivity index (χ4v) is 13.7. The number of unbranched alkanes of at least 4 members (excludes halogenated alkanes) is 4. The van der Waals surface area contributed by atoms with E-state index in [2.05, 4.69) is 6.92 Å². The lowest BCUT2D eigenvalue weighted by Gasteiger charge is -2.27. The lowest BCUT2D eigenvalue weighted by atomic mass is 10.1. The molecule has 0 aliphatic carbocycles. The van der Waals surface area contributed by atoms with Crippen molar-refractivity contribution in [2.75, 3.05) is 39.3 Å². The summed E-state index contributed by atoms with van der Waals surface area (Å²) >= 11 is 0. The molecule has 12 heteroatoms. The third-order valence-corrected chi connectivity index (χ3v) is 16.8. The van der Waals surface area contributed by atoms with Crippen LogP contribution < -0.4 is 0 Å². The van der Waals surface area contributed by atoms with E-state index >= 15 is 0 Å². The molecular weight excluding hydrogens is 739 g/mol. The van der Waals surface area contributed by atoms with Crippen LogP contribution in [0, 0.1) is 62.3 Å². The topological polar surface area (TPSA) is 112 Å². The van der Waals surface area contributed by atoms with E-state index < -0.39 is 30.1 Å². The normalized spacial score (nSPS) is 12.8. The molecule has 0 aromatic heterocycles. The summed E-state index contributed by atoms with van der Waals surface area (Å²) in [7, 11) is -11.4. The maximum absolute atomic E-state index is 14.4. The van der Waals surface area contributed by atoms with Gasteiger partial charge in [0.25, 0.3) is 0 Å². The zero-order valence-electron chi connectivity index (χ0n) is 34.7. The highest BCUT2D eigenvalue weighted by atomic mass is 32.2. The standard InChI is InChI=1S/C42H65N3O6S3/c1-12-14-15-21-44(53(48,49)41-36(8)27-32(4)28-37(41)9)23-18-19-24-45(54(50,51)42-38(10)29-33(5)30-39(42)11)22-17-16-20-43(13-2)52(46,47)40-34(6)25-31(3)26-35(40)7/h25-30H,12-24H2,1-11H3. The summed E-state index contributed by atoms with van der Waals surface area (Å²) in [5.74, 6) is 0. The molecule has 0 N–H and O–H groups in total. The summed E-state index contributed by atoms with van der Waals surface area (Å²) in [6, 6.07) is 11.3. The van der Waals surface area contributed by atoms with Gasteiger partial charge in [-0.25, -0.2) is 25.3 Å². The summed E-state index contributed by atoms with van der Waals surface area (Å²) < 4.78 is 89.1. The first-order valence-electron chi connectivity index (χ1n) is 19.4. The van der Waals surface area contributed by atoms with Crippen LogP contribution >= 0.6 is 0 Å². The van der Waals surface area contributed by atoms with Crippen molar-refractivity contribution < 1.29 is 25.3 Å². The van der Waals surface area contributed by atoms with Gasteiger partial charge in [-0.05, 0) is 128 Å². The van der Waals surface area contributed by atoms with Crippen molar-refractivity contribution in [2.24, 2.45) is 0 Å². The molecular formula is C42H65N3O6S3. The number of hydrogen-bond acceptors (Lipinski definition) is 6. The minimum absolute atomic E-state index is 0.218. The summed E-state index contributed by atoms with van der Waals surface area (Å²) in [4.78, 5) is 0.989. The van der Waals surface area contributed by atoms with Crippen LogP contribution in [0.4, 0.5) is 0 Å². The number of hydrogen-bond donors (Lipinski definition) is 0. The third kappa shape index (κ3) is 11.0. The Morgan fingerprint density at radius 2 is 0.593 bits per heavy atom. The molecule has 0 bridgehead atoms. The second kappa shape index (κ2) is 19.5. The molecule has 0 aliphatic heterocycles. The van der Waals surface area contributed by atoms with Crippen molar-refractivity contribution in [2.45, 2.75) is 136 Å². The molecule has 0 spiro atoms. The van der Waals surface area contributed by atoms with Crippen LogP contribution in [0.25, 0.3) is 0 Å². The summed E-state index contributed by atoms with van der Waals surface area (Å²) in [5.41, 5.74) is 7.26. The molecule has 0 atom stereocenters. The van der Waals surface area contributed by atoms with Crippen LogP contribution in [-0.2, 0) is 30.1 Å². The Hall–Kier alpha value is -2.61. The molecule has 0 fully saturated rings. The number of rotatable bonds is 21. The van der Waals surface area contributed by atoms with Gasteiger partial charge in [-0.1, -0.05) is 79.8 Å². The second-order valence-electron chi connectivity index (χ2n) is 15.1. The van der Waals surface area contributed by atoms with E-state index in [-0.39, 0.29) is 26.2 Å². The first kappa shape index (κ1) is 45.8. The Morgan fingerprint density at radius 1 is 0.370 bits per heavy atom. The van der Waals surface area contributed by atoms with Gasteiger partial charge in [0.2, 0.25) is 30.1 Å². The Bertz CT molecular complexity index is 2030. The van der Waals surface area contributed by atoms with E-state index in [9.17, 15) is 25.3 Å². The largest absolute Gasteiger partial charge is 0.243 e. The van der Waals surface area contributed by atoms with Gasteiger partial charge in [0.05, 0.1) is 14.7 Å². The molecule has 54 heavy (non-hydrogen) atoms. The van der Waals surface area contributed by atoms with Crippen LogP contribution in [0.1, 0.15) is 109 Å². The van der Waals surface area contributed by atoms with E-state index in [0.717, 1.165) is 47.1 Å². The highest BCUT2D eigenvalue weighted by Gasteiger charge is 2.31. The van der Waals surface area contributed by atoms with E-state index in [0.29, 0.717) is 75.7 Å². The van der Waals surface area contributed by atoms with Crippen molar-refractivity contribution in [3.63, 3.8) is 0 Å². The highest BCUT2D eigenvalue weighted by Crippen LogP contribution is 2.29. The lowest BCUT2D eigenvalue weighted by molar-refractivity contribution is 0.351. The zero-order chi connectivity index (χ0) is 40.6. The maximum atomic E-state index is 14.4. The summed E-state index contributed by atoms with van der Waals surface area (Å²) in [6.07, 6.45) is 4.53. The van der Waals surface area contributed by atoms with Crippen molar-refractivity contribution in [1.29, 1.82) is 0 Å². The molecule has 3 aromatic carbocycles. The lowest BCUT2D eigenvalue weighted by Crippen LogP contribution is -2.37. The number of aryl methyl sites for hydroxylation is 9. The molecule has 3 rings (SSSR count). The van der Waals surface area contributed by atoms with E-state index in [4.69, 9.17) is 0 Å². The second-order valence-corrected chi connectivity index (χ2v) is 20.7. The van der Waals surface area contributed by atoms with Gasteiger partial charge in [-0.3, -0.25) is 0 Å². The molecule has 9 nitrogen and oxygen atoms in total. The smallest absolute Gasteiger partial charge is 0.207 e. The van der Waals surface area contributed by atoms with Crippen molar-refractivity contribution in [3.05, 3.63) is 86.5 Å². The van der Waals surface area contributed by atoms with E-state index in [1.807, 2.05) is 106 Å². The Kier molecular flexibility index (Phi) is 16.5. The van der Waals surface area contributed by atoms with Crippen molar-refractivity contribution in [3.8, 4) is 0 Å². The number of sulfonamides is 3. The number of nitrogens with zero attached hydrogens (tertiary/aromatic N) is 3. The minimum Gasteiger partial charge on any atom is -0.207 e. The average Bonchev–Trinajstić information content (AvgIpc) is 3.02. The molecule has 0 aliphatic rings. The van der Waals surface area contributed by atoms with Gasteiger partial charge in [-0.2, -0.15) is 12.9 Å². The van der Waals surface area contributed by atoms with Gasteiger partial charge in [0.15, 0.2) is 0 Å². The van der Waals surface area contributed by atoms with Gasteiger partial charge in [-0.15, -0.1) is 0 Å². The molecule has 0 saturated heterocycles. The molecule has 0 unspecified atom stereocenters. The monoisotopic (exact) mass is 803 g/mol. The van der Waals surface area contributed by atoms with Crippen LogP contribution in [-0.4, -0.2) is 77.4 Å². The van der Waals surface area contributed by atoms with Gasteiger partial charge < -0.3 is 0 Å². The zero-order valence-corrected chi connectivity index (χ0v) is 37.1. The molecule has 0 amide bonds. The summed E-state index contributed by atoms with van der Waals surface area (Å²) in [6.45, 7) is 22.4. The third-order valence-electron chi connectivity index (χ3n) is 10.1. The molecule has 0 radical (unpaired) electrons. The fourth-order valence-electron chi connectivity index (χ4n) is 7.95. The van der Waals surface area contributed by atoms with Crippen LogP contribution in [0.5, 0.6) is 0 Å². The Labute approximate surface area is 328 Å². The molecule has 0 heterocycles.